The minimum atomic E-state index is -0.789. The number of phenols is 1. The van der Waals surface area contributed by atoms with Gasteiger partial charge in [-0.25, -0.2) is 0 Å². The van der Waals surface area contributed by atoms with E-state index in [2.05, 4.69) is 40.2 Å². The van der Waals surface area contributed by atoms with E-state index in [-0.39, 0.29) is 11.9 Å². The molecule has 3 rings (SSSR count). The van der Waals surface area contributed by atoms with Crippen molar-refractivity contribution in [3.05, 3.63) is 75.2 Å². The molecule has 0 radical (unpaired) electrons. The first-order chi connectivity index (χ1) is 14.4. The van der Waals surface area contributed by atoms with E-state index in [0.717, 1.165) is 28.0 Å². The highest BCUT2D eigenvalue weighted by Gasteiger charge is 2.27. The lowest BCUT2D eigenvalue weighted by molar-refractivity contribution is 0.184. The molecule has 0 aliphatic carbocycles. The summed E-state index contributed by atoms with van der Waals surface area (Å²) in [6, 6.07) is 9.52. The highest BCUT2D eigenvalue weighted by atomic mass is 127. The first-order valence-corrected chi connectivity index (χ1v) is 10.8. The molecule has 0 amide bonds. The van der Waals surface area contributed by atoms with E-state index < -0.39 is 7.12 Å². The van der Waals surface area contributed by atoms with Crippen molar-refractivity contribution < 1.29 is 19.5 Å². The van der Waals surface area contributed by atoms with Gasteiger partial charge in [0.1, 0.15) is 0 Å². The first kappa shape index (κ1) is 22.6. The van der Waals surface area contributed by atoms with E-state index in [1.54, 1.807) is 12.3 Å². The number of hydrogen-bond donors (Lipinski definition) is 2. The summed E-state index contributed by atoms with van der Waals surface area (Å²) in [5.41, 5.74) is 4.81. The molecule has 2 aromatic rings. The van der Waals surface area contributed by atoms with E-state index in [1.165, 1.54) is 7.11 Å². The van der Waals surface area contributed by atoms with Crippen LogP contribution in [0.2, 0.25) is 6.32 Å². The molecule has 1 aromatic carbocycles. The predicted octanol–water partition coefficient (Wildman–Crippen LogP) is 5.10. The van der Waals surface area contributed by atoms with Crippen molar-refractivity contribution in [3.63, 3.8) is 0 Å². The molecular formula is C23H25BINO4. The van der Waals surface area contributed by atoms with Gasteiger partial charge in [0.25, 0.3) is 0 Å². The SMILES string of the molecule is C=C(C)C1=CCB(O)OC1CC/C(=C/c1cc(I)c(O)c(OC)c1)c1ccccn1. The van der Waals surface area contributed by atoms with Crippen molar-refractivity contribution in [3.8, 4) is 11.5 Å². The largest absolute Gasteiger partial charge is 0.504 e. The van der Waals surface area contributed by atoms with Crippen LogP contribution >= 0.6 is 22.6 Å². The van der Waals surface area contributed by atoms with Crippen LogP contribution in [0.1, 0.15) is 31.0 Å². The average Bonchev–Trinajstić information content (AvgIpc) is 2.73. The zero-order chi connectivity index (χ0) is 21.7. The molecule has 0 spiro atoms. The smallest absolute Gasteiger partial charge is 0.458 e. The summed E-state index contributed by atoms with van der Waals surface area (Å²) >= 11 is 2.09. The maximum absolute atomic E-state index is 10.1. The highest BCUT2D eigenvalue weighted by Crippen LogP contribution is 2.35. The number of methoxy groups -OCH3 is 1. The number of nitrogens with zero attached hydrogens (tertiary/aromatic N) is 1. The third-order valence-electron chi connectivity index (χ3n) is 4.98. The van der Waals surface area contributed by atoms with Gasteiger partial charge in [-0.2, -0.15) is 0 Å². The van der Waals surface area contributed by atoms with Crippen molar-refractivity contribution >= 4 is 41.4 Å². The number of allylic oxidation sites excluding steroid dienone is 2. The van der Waals surface area contributed by atoms with Gasteiger partial charge in [0, 0.05) is 12.5 Å². The number of phenolic OH excluding ortho intramolecular Hbond substituents is 1. The Bertz CT molecular complexity index is 975. The third kappa shape index (κ3) is 5.53. The summed E-state index contributed by atoms with van der Waals surface area (Å²) < 4.78 is 11.8. The van der Waals surface area contributed by atoms with Crippen LogP contribution in [0, 0.1) is 3.57 Å². The lowest BCUT2D eigenvalue weighted by atomic mass is 9.78. The molecular weight excluding hydrogens is 492 g/mol. The number of hydrogen-bond acceptors (Lipinski definition) is 5. The van der Waals surface area contributed by atoms with Crippen molar-refractivity contribution in [2.75, 3.05) is 7.11 Å². The number of aromatic nitrogens is 1. The second-order valence-electron chi connectivity index (χ2n) is 7.23. The average molecular weight is 517 g/mol. The number of benzene rings is 1. The summed E-state index contributed by atoms with van der Waals surface area (Å²) in [6.07, 6.45) is 7.47. The van der Waals surface area contributed by atoms with Gasteiger partial charge in [-0.1, -0.05) is 24.3 Å². The third-order valence-corrected chi connectivity index (χ3v) is 5.80. The lowest BCUT2D eigenvalue weighted by Crippen LogP contribution is -2.31. The molecule has 1 aliphatic heterocycles. The van der Waals surface area contributed by atoms with E-state index in [0.29, 0.717) is 28.5 Å². The van der Waals surface area contributed by atoms with Crippen LogP contribution in [0.4, 0.5) is 0 Å². The Morgan fingerprint density at radius 3 is 2.90 bits per heavy atom. The Balaban J connectivity index is 1.92. The fourth-order valence-corrected chi connectivity index (χ4v) is 4.12. The summed E-state index contributed by atoms with van der Waals surface area (Å²) in [6.45, 7) is 6.01. The van der Waals surface area contributed by atoms with Crippen molar-refractivity contribution in [2.45, 2.75) is 32.2 Å². The van der Waals surface area contributed by atoms with Gasteiger partial charge in [-0.05, 0) is 89.4 Å². The fourth-order valence-electron chi connectivity index (χ4n) is 3.50. The molecule has 0 saturated heterocycles. The van der Waals surface area contributed by atoms with Gasteiger partial charge in [0.15, 0.2) is 11.5 Å². The van der Waals surface area contributed by atoms with E-state index in [1.807, 2.05) is 37.3 Å². The van der Waals surface area contributed by atoms with Crippen LogP contribution in [0.25, 0.3) is 11.6 Å². The summed E-state index contributed by atoms with van der Waals surface area (Å²) in [5, 5.41) is 20.1. The van der Waals surface area contributed by atoms with Gasteiger partial charge < -0.3 is 19.5 Å². The zero-order valence-electron chi connectivity index (χ0n) is 17.1. The normalized spacial score (nSPS) is 16.9. The Kier molecular flexibility index (Phi) is 7.74. The highest BCUT2D eigenvalue weighted by molar-refractivity contribution is 14.1. The van der Waals surface area contributed by atoms with Crippen LogP contribution < -0.4 is 4.74 Å². The van der Waals surface area contributed by atoms with Crippen LogP contribution in [-0.2, 0) is 4.65 Å². The maximum atomic E-state index is 10.1. The monoisotopic (exact) mass is 517 g/mol. The molecule has 1 aliphatic rings. The number of aromatic hydroxyl groups is 1. The van der Waals surface area contributed by atoms with E-state index in [9.17, 15) is 10.1 Å². The number of pyridine rings is 1. The molecule has 0 bridgehead atoms. The summed E-state index contributed by atoms with van der Waals surface area (Å²) in [7, 11) is 0.749. The molecule has 0 saturated carbocycles. The Labute approximate surface area is 191 Å². The van der Waals surface area contributed by atoms with Crippen LogP contribution in [0.3, 0.4) is 0 Å². The van der Waals surface area contributed by atoms with Crippen LogP contribution in [0.15, 0.2) is 60.3 Å². The number of ether oxygens (including phenoxy) is 1. The Morgan fingerprint density at radius 1 is 1.43 bits per heavy atom. The summed E-state index contributed by atoms with van der Waals surface area (Å²) in [5.74, 6) is 0.565. The van der Waals surface area contributed by atoms with Gasteiger partial charge in [-0.3, -0.25) is 4.98 Å². The second kappa shape index (κ2) is 10.3. The van der Waals surface area contributed by atoms with Crippen LogP contribution in [0.5, 0.6) is 11.5 Å². The number of rotatable bonds is 7. The topological polar surface area (TPSA) is 71.8 Å². The molecule has 30 heavy (non-hydrogen) atoms. The maximum Gasteiger partial charge on any atom is 0.458 e. The predicted molar refractivity (Wildman–Crippen MR) is 129 cm³/mol. The molecule has 2 heterocycles. The van der Waals surface area contributed by atoms with Crippen molar-refractivity contribution in [1.82, 2.24) is 4.98 Å². The molecule has 1 aromatic heterocycles. The van der Waals surface area contributed by atoms with Gasteiger partial charge in [-0.15, -0.1) is 0 Å². The van der Waals surface area contributed by atoms with Gasteiger partial charge >= 0.3 is 7.12 Å². The van der Waals surface area contributed by atoms with Gasteiger partial charge in [0.2, 0.25) is 0 Å². The van der Waals surface area contributed by atoms with Crippen molar-refractivity contribution in [2.24, 2.45) is 0 Å². The molecule has 5 nitrogen and oxygen atoms in total. The van der Waals surface area contributed by atoms with Crippen molar-refractivity contribution in [1.29, 1.82) is 0 Å². The Hall–Kier alpha value is -2.10. The molecule has 1 unspecified atom stereocenters. The zero-order valence-corrected chi connectivity index (χ0v) is 19.3. The minimum Gasteiger partial charge on any atom is -0.504 e. The molecule has 2 N–H and O–H groups in total. The van der Waals surface area contributed by atoms with E-state index >= 15 is 0 Å². The first-order valence-electron chi connectivity index (χ1n) is 9.77. The quantitative estimate of drug-likeness (QED) is 0.395. The molecule has 7 heteroatoms. The number of halogens is 1. The standard InChI is InChI=1S/C23H25BINO4/c1-15(2)18-9-10-24(28)30-21(18)8-7-17(20-6-4-5-11-26-20)12-16-13-19(25)23(27)22(14-16)29-3/h4-6,9,11-14,21,27-28H,1,7-8,10H2,2-3H3/b17-12-. The molecule has 1 atom stereocenters. The van der Waals surface area contributed by atoms with E-state index in [4.69, 9.17) is 9.39 Å². The molecule has 0 fully saturated rings. The lowest BCUT2D eigenvalue weighted by Gasteiger charge is -2.27. The van der Waals surface area contributed by atoms with Crippen LogP contribution in [-0.4, -0.2) is 35.4 Å². The van der Waals surface area contributed by atoms with Gasteiger partial charge in [0.05, 0.1) is 22.5 Å². The fraction of sp³-hybridized carbons (Fsp3) is 0.261. The summed E-state index contributed by atoms with van der Waals surface area (Å²) in [4.78, 5) is 4.52. The Morgan fingerprint density at radius 2 is 2.23 bits per heavy atom. The molecule has 156 valence electrons. The minimum absolute atomic E-state index is 0.135. The second-order valence-corrected chi connectivity index (χ2v) is 8.39.